The van der Waals surface area contributed by atoms with Gasteiger partial charge < -0.3 is 25.2 Å². The van der Waals surface area contributed by atoms with E-state index in [0.29, 0.717) is 11.7 Å². The summed E-state index contributed by atoms with van der Waals surface area (Å²) in [5.74, 6) is -0.806. The maximum atomic E-state index is 13.0. The van der Waals surface area contributed by atoms with E-state index >= 15 is 0 Å². The minimum Gasteiger partial charge on any atom is -0.506 e. The summed E-state index contributed by atoms with van der Waals surface area (Å²) in [6.07, 6.45) is 0.982. The Bertz CT molecular complexity index is 1720. The van der Waals surface area contributed by atoms with Gasteiger partial charge in [0.25, 0.3) is 5.91 Å². The summed E-state index contributed by atoms with van der Waals surface area (Å²) >= 11 is 0. The molecule has 0 radical (unpaired) electrons. The van der Waals surface area contributed by atoms with E-state index in [-0.39, 0.29) is 38.9 Å². The predicted octanol–water partition coefficient (Wildman–Crippen LogP) is 6.89. The topological polar surface area (TPSA) is 131 Å². The molecular weight excluding hydrogens is 568 g/mol. The van der Waals surface area contributed by atoms with Gasteiger partial charge in [-0.1, -0.05) is 38.1 Å². The van der Waals surface area contributed by atoms with Crippen molar-refractivity contribution in [3.63, 3.8) is 0 Å². The Balaban J connectivity index is 1.63. The van der Waals surface area contributed by atoms with Gasteiger partial charge in [0, 0.05) is 17.7 Å². The van der Waals surface area contributed by atoms with Crippen LogP contribution in [0.3, 0.4) is 0 Å². The standard InChI is InChI=1S/C33H34N2O7S/c1-5-22(3)23-13-15-26(16-14-23)42-31-19-28(35-32(37)24-9-11-25(12-10-24)33(38)41-4)30(36)18-29(31)34-20-43(39,40)27-8-6-7-21(2)17-27/h6-19,22,34,36H,5,20H2,1-4H3,(H,35,37). The smallest absolute Gasteiger partial charge is 0.337 e. The van der Waals surface area contributed by atoms with E-state index in [1.165, 1.54) is 49.6 Å². The highest BCUT2D eigenvalue weighted by atomic mass is 32.2. The number of phenolic OH excluding ortho intramolecular Hbond substituents is 1. The number of aromatic hydroxyl groups is 1. The van der Waals surface area contributed by atoms with Crippen molar-refractivity contribution in [3.8, 4) is 17.2 Å². The molecule has 0 aromatic heterocycles. The molecule has 0 aliphatic heterocycles. The fraction of sp³-hybridized carbons (Fsp3) is 0.212. The Labute approximate surface area is 251 Å². The van der Waals surface area contributed by atoms with Crippen molar-refractivity contribution in [1.29, 1.82) is 0 Å². The lowest BCUT2D eigenvalue weighted by Gasteiger charge is -2.17. The number of anilines is 2. The van der Waals surface area contributed by atoms with Gasteiger partial charge in [0.15, 0.2) is 15.6 Å². The first kappa shape index (κ1) is 31.1. The van der Waals surface area contributed by atoms with Crippen LogP contribution >= 0.6 is 0 Å². The van der Waals surface area contributed by atoms with Crippen molar-refractivity contribution in [2.45, 2.75) is 38.0 Å². The van der Waals surface area contributed by atoms with Gasteiger partial charge in [-0.2, -0.15) is 0 Å². The summed E-state index contributed by atoms with van der Waals surface area (Å²) in [6, 6.07) is 22.7. The Morgan fingerprint density at radius 1 is 0.907 bits per heavy atom. The minimum atomic E-state index is -3.73. The molecule has 1 unspecified atom stereocenters. The number of sulfone groups is 1. The van der Waals surface area contributed by atoms with Crippen LogP contribution in [0.4, 0.5) is 11.4 Å². The second kappa shape index (κ2) is 13.4. The number of phenols is 1. The molecule has 0 bridgehead atoms. The van der Waals surface area contributed by atoms with E-state index < -0.39 is 27.6 Å². The monoisotopic (exact) mass is 602 g/mol. The lowest BCUT2D eigenvalue weighted by atomic mass is 9.99. The number of ether oxygens (including phenoxy) is 2. The summed E-state index contributed by atoms with van der Waals surface area (Å²) in [6.45, 7) is 6.05. The van der Waals surface area contributed by atoms with Crippen molar-refractivity contribution < 1.29 is 32.6 Å². The summed E-state index contributed by atoms with van der Waals surface area (Å²) in [5, 5.41) is 16.3. The van der Waals surface area contributed by atoms with Gasteiger partial charge in [-0.25, -0.2) is 13.2 Å². The van der Waals surface area contributed by atoms with E-state index in [0.717, 1.165) is 17.5 Å². The molecule has 0 saturated carbocycles. The summed E-state index contributed by atoms with van der Waals surface area (Å²) in [4.78, 5) is 24.8. The fourth-order valence-corrected chi connectivity index (χ4v) is 5.42. The third-order valence-electron chi connectivity index (χ3n) is 7.00. The predicted molar refractivity (Wildman–Crippen MR) is 166 cm³/mol. The summed E-state index contributed by atoms with van der Waals surface area (Å²) < 4.78 is 36.9. The number of nitrogens with one attached hydrogen (secondary N) is 2. The van der Waals surface area contributed by atoms with E-state index in [4.69, 9.17) is 4.74 Å². The molecule has 0 aliphatic rings. The summed E-state index contributed by atoms with van der Waals surface area (Å²) in [7, 11) is -2.46. The van der Waals surface area contributed by atoms with Crippen LogP contribution in [0.2, 0.25) is 0 Å². The molecule has 3 N–H and O–H groups in total. The fourth-order valence-electron chi connectivity index (χ4n) is 4.25. The SMILES string of the molecule is CCC(C)c1ccc(Oc2cc(NC(=O)c3ccc(C(=O)OC)cc3)c(O)cc2NCS(=O)(=O)c2cccc(C)c2)cc1. The average Bonchev–Trinajstić information content (AvgIpc) is 3.01. The second-order valence-electron chi connectivity index (χ2n) is 10.1. The highest BCUT2D eigenvalue weighted by Crippen LogP contribution is 2.39. The van der Waals surface area contributed by atoms with Crippen molar-refractivity contribution in [2.75, 3.05) is 23.6 Å². The van der Waals surface area contributed by atoms with Gasteiger partial charge in [-0.05, 0) is 78.9 Å². The molecule has 10 heteroatoms. The third-order valence-corrected chi connectivity index (χ3v) is 8.50. The van der Waals surface area contributed by atoms with Crippen LogP contribution in [0.15, 0.2) is 89.8 Å². The lowest BCUT2D eigenvalue weighted by Crippen LogP contribution is -2.16. The number of aryl methyl sites for hydroxylation is 1. The van der Waals surface area contributed by atoms with Gasteiger partial charge in [0.1, 0.15) is 17.4 Å². The van der Waals surface area contributed by atoms with Crippen LogP contribution in [-0.4, -0.2) is 38.4 Å². The molecule has 4 aromatic rings. The van der Waals surface area contributed by atoms with Crippen LogP contribution in [0.5, 0.6) is 17.2 Å². The molecule has 4 rings (SSSR count). The highest BCUT2D eigenvalue weighted by molar-refractivity contribution is 7.91. The minimum absolute atomic E-state index is 0.0420. The van der Waals surface area contributed by atoms with Crippen molar-refractivity contribution in [2.24, 2.45) is 0 Å². The quantitative estimate of drug-likeness (QED) is 0.125. The number of carbonyl (C=O) groups excluding carboxylic acids is 2. The molecule has 0 saturated heterocycles. The normalized spacial score (nSPS) is 11.8. The van der Waals surface area contributed by atoms with Gasteiger partial charge in [-0.3, -0.25) is 4.79 Å². The zero-order valence-electron chi connectivity index (χ0n) is 24.4. The van der Waals surface area contributed by atoms with Crippen LogP contribution in [0.25, 0.3) is 0 Å². The molecule has 1 atom stereocenters. The third kappa shape index (κ3) is 7.72. The number of hydrogen-bond acceptors (Lipinski definition) is 8. The zero-order chi connectivity index (χ0) is 31.1. The number of rotatable bonds is 11. The van der Waals surface area contributed by atoms with Gasteiger partial charge in [0.05, 0.1) is 28.9 Å². The lowest BCUT2D eigenvalue weighted by molar-refractivity contribution is 0.0600. The Morgan fingerprint density at radius 2 is 1.58 bits per heavy atom. The average molecular weight is 603 g/mol. The Morgan fingerprint density at radius 3 is 2.21 bits per heavy atom. The molecule has 0 aliphatic carbocycles. The first-order valence-electron chi connectivity index (χ1n) is 13.7. The first-order valence-corrected chi connectivity index (χ1v) is 15.3. The van der Waals surface area contributed by atoms with Gasteiger partial charge in [0.2, 0.25) is 0 Å². The molecule has 9 nitrogen and oxygen atoms in total. The Hall–Kier alpha value is -4.83. The largest absolute Gasteiger partial charge is 0.506 e. The van der Waals surface area contributed by atoms with Crippen LogP contribution in [0.1, 0.15) is 58.0 Å². The maximum absolute atomic E-state index is 13.0. The second-order valence-corrected chi connectivity index (χ2v) is 12.1. The maximum Gasteiger partial charge on any atom is 0.337 e. The van der Waals surface area contributed by atoms with Crippen molar-refractivity contribution in [1.82, 2.24) is 0 Å². The number of benzene rings is 4. The molecule has 0 spiro atoms. The number of amides is 1. The van der Waals surface area contributed by atoms with E-state index in [1.807, 2.05) is 37.3 Å². The molecule has 0 heterocycles. The van der Waals surface area contributed by atoms with Gasteiger partial charge >= 0.3 is 5.97 Å². The molecular formula is C33H34N2O7S. The van der Waals surface area contributed by atoms with E-state index in [2.05, 4.69) is 29.2 Å². The Kier molecular flexibility index (Phi) is 9.72. The number of carbonyl (C=O) groups is 2. The number of methoxy groups -OCH3 is 1. The highest BCUT2D eigenvalue weighted by Gasteiger charge is 2.19. The zero-order valence-corrected chi connectivity index (χ0v) is 25.2. The van der Waals surface area contributed by atoms with E-state index in [1.54, 1.807) is 12.1 Å². The first-order chi connectivity index (χ1) is 20.5. The van der Waals surface area contributed by atoms with Crippen molar-refractivity contribution >= 4 is 33.1 Å². The van der Waals surface area contributed by atoms with Crippen LogP contribution in [-0.2, 0) is 14.6 Å². The molecule has 43 heavy (non-hydrogen) atoms. The number of esters is 1. The van der Waals surface area contributed by atoms with Crippen LogP contribution in [0, 0.1) is 6.92 Å². The molecule has 224 valence electrons. The number of hydrogen-bond donors (Lipinski definition) is 3. The molecule has 1 amide bonds. The van der Waals surface area contributed by atoms with Gasteiger partial charge in [-0.15, -0.1) is 0 Å². The van der Waals surface area contributed by atoms with E-state index in [9.17, 15) is 23.1 Å². The summed E-state index contributed by atoms with van der Waals surface area (Å²) in [5.41, 5.74) is 2.73. The van der Waals surface area contributed by atoms with Crippen molar-refractivity contribution in [3.05, 3.63) is 107 Å². The molecule has 4 aromatic carbocycles. The van der Waals surface area contributed by atoms with Crippen LogP contribution < -0.4 is 15.4 Å². The molecule has 0 fully saturated rings.